The summed E-state index contributed by atoms with van der Waals surface area (Å²) in [4.78, 5) is 31.3. The van der Waals surface area contributed by atoms with E-state index < -0.39 is 0 Å². The van der Waals surface area contributed by atoms with E-state index in [1.807, 2.05) is 9.47 Å². The predicted molar refractivity (Wildman–Crippen MR) is 91.6 cm³/mol. The van der Waals surface area contributed by atoms with Gasteiger partial charge in [-0.2, -0.15) is 0 Å². The molecule has 0 aliphatic carbocycles. The van der Waals surface area contributed by atoms with Gasteiger partial charge in [-0.05, 0) is 13.3 Å². The molecule has 10 heteroatoms. The number of hydrogen-bond donors (Lipinski definition) is 1. The Balaban J connectivity index is 1.36. The number of carbonyl (C=O) groups is 2. The average Bonchev–Trinajstić information content (AvgIpc) is 3.39. The fourth-order valence-electron chi connectivity index (χ4n) is 3.40. The third-order valence-electron chi connectivity index (χ3n) is 5.06. The molecule has 27 heavy (non-hydrogen) atoms. The van der Waals surface area contributed by atoms with E-state index in [0.29, 0.717) is 56.4 Å². The first kappa shape index (κ1) is 17.7. The summed E-state index contributed by atoms with van der Waals surface area (Å²) in [7, 11) is 0. The molecule has 2 aromatic rings. The zero-order chi connectivity index (χ0) is 18.8. The molecule has 1 N–H and O–H groups in total. The lowest BCUT2D eigenvalue weighted by molar-refractivity contribution is -0.135. The molecular formula is C17H22N6O4. The van der Waals surface area contributed by atoms with Crippen molar-refractivity contribution in [1.29, 1.82) is 0 Å². The first-order valence-corrected chi connectivity index (χ1v) is 9.10. The van der Waals surface area contributed by atoms with E-state index in [9.17, 15) is 9.59 Å². The highest BCUT2D eigenvalue weighted by atomic mass is 16.6. The number of fused-ring (bicyclic) bond motifs is 1. The number of aryl methyl sites for hydroxylation is 1. The van der Waals surface area contributed by atoms with Crippen molar-refractivity contribution in [3.05, 3.63) is 29.1 Å². The van der Waals surface area contributed by atoms with Crippen LogP contribution in [0.4, 0.5) is 0 Å². The van der Waals surface area contributed by atoms with Gasteiger partial charge in [0.15, 0.2) is 0 Å². The number of amides is 2. The minimum absolute atomic E-state index is 0.0220. The van der Waals surface area contributed by atoms with Gasteiger partial charge in [-0.15, -0.1) is 0 Å². The van der Waals surface area contributed by atoms with Crippen molar-refractivity contribution in [2.24, 2.45) is 5.92 Å². The molecule has 1 atom stereocenters. The topological polar surface area (TPSA) is 115 Å². The third kappa shape index (κ3) is 3.70. The molecule has 1 saturated heterocycles. The first-order chi connectivity index (χ1) is 13.1. The van der Waals surface area contributed by atoms with Crippen LogP contribution in [0, 0.1) is 12.8 Å². The molecule has 2 aliphatic heterocycles. The number of imidazole rings is 1. The van der Waals surface area contributed by atoms with Crippen LogP contribution >= 0.6 is 0 Å². The maximum absolute atomic E-state index is 12.6. The highest BCUT2D eigenvalue weighted by Gasteiger charge is 2.29. The normalized spacial score (nSPS) is 19.6. The van der Waals surface area contributed by atoms with Crippen molar-refractivity contribution in [1.82, 2.24) is 30.1 Å². The number of rotatable bonds is 4. The van der Waals surface area contributed by atoms with Gasteiger partial charge in [0.25, 0.3) is 5.91 Å². The Kier molecular flexibility index (Phi) is 4.88. The predicted octanol–water partition coefficient (Wildman–Crippen LogP) is -0.0743. The Morgan fingerprint density at radius 1 is 1.30 bits per heavy atom. The molecule has 1 unspecified atom stereocenters. The molecule has 2 aliphatic rings. The van der Waals surface area contributed by atoms with Gasteiger partial charge in [-0.1, -0.05) is 10.3 Å². The maximum atomic E-state index is 12.6. The van der Waals surface area contributed by atoms with Crippen LogP contribution in [-0.4, -0.2) is 62.9 Å². The van der Waals surface area contributed by atoms with E-state index in [2.05, 4.69) is 25.2 Å². The van der Waals surface area contributed by atoms with Crippen LogP contribution in [0.2, 0.25) is 0 Å². The minimum atomic E-state index is -0.269. The molecule has 4 heterocycles. The van der Waals surface area contributed by atoms with Gasteiger partial charge >= 0.3 is 0 Å². The molecule has 0 bridgehead atoms. The number of aromatic nitrogens is 4. The van der Waals surface area contributed by atoms with Crippen molar-refractivity contribution in [2.45, 2.75) is 32.9 Å². The van der Waals surface area contributed by atoms with Gasteiger partial charge in [0.05, 0.1) is 19.1 Å². The highest BCUT2D eigenvalue weighted by molar-refractivity contribution is 5.92. The van der Waals surface area contributed by atoms with Gasteiger partial charge < -0.3 is 19.5 Å². The standard InChI is InChI=1S/C17H22N6O4/c1-11-13(21-27-20-11)8-18-16(24)14-9-23-6-5-22(4-2-15(23)19-14)17(25)12-3-7-26-10-12/h9,12H,2-8,10H2,1H3,(H,18,24). The molecule has 0 spiro atoms. The van der Waals surface area contributed by atoms with Gasteiger partial charge in [0, 0.05) is 38.9 Å². The second-order valence-electron chi connectivity index (χ2n) is 6.85. The highest BCUT2D eigenvalue weighted by Crippen LogP contribution is 2.18. The summed E-state index contributed by atoms with van der Waals surface area (Å²) in [5, 5.41) is 10.2. The molecule has 1 fully saturated rings. The fourth-order valence-corrected chi connectivity index (χ4v) is 3.40. The molecule has 144 valence electrons. The SMILES string of the molecule is Cc1nonc1CNC(=O)c1cn2c(n1)CCN(C(=O)C1CCOC1)CC2. The van der Waals surface area contributed by atoms with Crippen LogP contribution in [0.5, 0.6) is 0 Å². The largest absolute Gasteiger partial charge is 0.381 e. The van der Waals surface area contributed by atoms with Crippen molar-refractivity contribution in [3.8, 4) is 0 Å². The number of nitrogens with one attached hydrogen (secondary N) is 1. The molecule has 4 rings (SSSR count). The number of hydrogen-bond acceptors (Lipinski definition) is 7. The first-order valence-electron chi connectivity index (χ1n) is 9.10. The maximum Gasteiger partial charge on any atom is 0.271 e. The Hall–Kier alpha value is -2.75. The van der Waals surface area contributed by atoms with Crippen molar-refractivity contribution < 1.29 is 19.0 Å². The molecule has 10 nitrogen and oxygen atoms in total. The van der Waals surface area contributed by atoms with Crippen LogP contribution in [-0.2, 0) is 29.0 Å². The number of carbonyl (C=O) groups excluding carboxylic acids is 2. The van der Waals surface area contributed by atoms with Gasteiger partial charge in [0.2, 0.25) is 5.91 Å². The van der Waals surface area contributed by atoms with E-state index in [0.717, 1.165) is 12.2 Å². The van der Waals surface area contributed by atoms with Crippen molar-refractivity contribution in [2.75, 3.05) is 26.3 Å². The van der Waals surface area contributed by atoms with Crippen LogP contribution in [0.15, 0.2) is 10.8 Å². The zero-order valence-electron chi connectivity index (χ0n) is 15.2. The van der Waals surface area contributed by atoms with Gasteiger partial charge in [0.1, 0.15) is 22.9 Å². The summed E-state index contributed by atoms with van der Waals surface area (Å²) >= 11 is 0. The van der Waals surface area contributed by atoms with Gasteiger partial charge in [-0.25, -0.2) is 9.61 Å². The van der Waals surface area contributed by atoms with E-state index in [1.165, 1.54) is 0 Å². The summed E-state index contributed by atoms with van der Waals surface area (Å²) in [6.45, 7) is 5.03. The van der Waals surface area contributed by atoms with Crippen LogP contribution in [0.25, 0.3) is 0 Å². The molecular weight excluding hydrogens is 352 g/mol. The molecule has 2 amide bonds. The summed E-state index contributed by atoms with van der Waals surface area (Å²) in [6.07, 6.45) is 3.16. The lowest BCUT2D eigenvalue weighted by Gasteiger charge is -2.22. The Morgan fingerprint density at radius 3 is 2.93 bits per heavy atom. The second-order valence-corrected chi connectivity index (χ2v) is 6.85. The van der Waals surface area contributed by atoms with Crippen LogP contribution in [0.3, 0.4) is 0 Å². The second kappa shape index (κ2) is 7.47. The van der Waals surface area contributed by atoms with E-state index >= 15 is 0 Å². The lowest BCUT2D eigenvalue weighted by atomic mass is 10.1. The van der Waals surface area contributed by atoms with Gasteiger partial charge in [-0.3, -0.25) is 9.59 Å². The monoisotopic (exact) mass is 374 g/mol. The molecule has 2 aromatic heterocycles. The van der Waals surface area contributed by atoms with Crippen LogP contribution in [0.1, 0.15) is 34.1 Å². The number of nitrogens with zero attached hydrogens (tertiary/aromatic N) is 5. The summed E-state index contributed by atoms with van der Waals surface area (Å²) in [5.41, 5.74) is 1.60. The molecule has 0 radical (unpaired) electrons. The summed E-state index contributed by atoms with van der Waals surface area (Å²) in [5.74, 6) is 0.686. The fraction of sp³-hybridized carbons (Fsp3) is 0.588. The summed E-state index contributed by atoms with van der Waals surface area (Å²) < 4.78 is 11.9. The smallest absolute Gasteiger partial charge is 0.271 e. The van der Waals surface area contributed by atoms with Crippen LogP contribution < -0.4 is 5.32 Å². The molecule has 0 aromatic carbocycles. The zero-order valence-corrected chi connectivity index (χ0v) is 15.2. The molecule has 0 saturated carbocycles. The minimum Gasteiger partial charge on any atom is -0.381 e. The summed E-state index contributed by atoms with van der Waals surface area (Å²) in [6, 6.07) is 0. The average molecular weight is 374 g/mol. The van der Waals surface area contributed by atoms with E-state index in [1.54, 1.807) is 13.1 Å². The third-order valence-corrected chi connectivity index (χ3v) is 5.06. The quantitative estimate of drug-likeness (QED) is 0.796. The van der Waals surface area contributed by atoms with E-state index in [-0.39, 0.29) is 24.3 Å². The Bertz CT molecular complexity index is 813. The lowest BCUT2D eigenvalue weighted by Crippen LogP contribution is -2.38. The van der Waals surface area contributed by atoms with Crippen molar-refractivity contribution >= 4 is 11.8 Å². The Labute approximate surface area is 155 Å². The number of ether oxygens (including phenoxy) is 1. The Morgan fingerprint density at radius 2 is 2.19 bits per heavy atom. The van der Waals surface area contributed by atoms with Crippen molar-refractivity contribution in [3.63, 3.8) is 0 Å². The van der Waals surface area contributed by atoms with E-state index in [4.69, 9.17) is 4.74 Å².